The van der Waals surface area contributed by atoms with Gasteiger partial charge in [-0.25, -0.2) is 4.79 Å². The number of aliphatic hydroxyl groups is 1. The number of carbonyl (C=O) groups excluding carboxylic acids is 3. The second kappa shape index (κ2) is 13.2. The second-order valence-electron chi connectivity index (χ2n) is 14.4. The molecule has 1 aromatic rings. The summed E-state index contributed by atoms with van der Waals surface area (Å²) in [5, 5.41) is 16.0. The van der Waals surface area contributed by atoms with Crippen molar-refractivity contribution < 1.29 is 33.5 Å². The molecule has 246 valence electrons. The molecule has 0 aromatic heterocycles. The van der Waals surface area contributed by atoms with Gasteiger partial charge in [-0.3, -0.25) is 9.59 Å². The molecule has 3 N–H and O–H groups in total. The van der Waals surface area contributed by atoms with Gasteiger partial charge in [-0.15, -0.1) is 0 Å². The number of aliphatic hydroxyl groups excluding tert-OH is 1. The molecule has 4 amide bonds. The van der Waals surface area contributed by atoms with Gasteiger partial charge in [0.1, 0.15) is 6.04 Å². The summed E-state index contributed by atoms with van der Waals surface area (Å²) in [4.78, 5) is 43.7. The van der Waals surface area contributed by atoms with Gasteiger partial charge in [-0.1, -0.05) is 44.2 Å². The third-order valence-corrected chi connectivity index (χ3v) is 11.3. The van der Waals surface area contributed by atoms with Gasteiger partial charge in [0.2, 0.25) is 11.8 Å². The molecule has 3 heterocycles. The molecule has 1 aromatic carbocycles. The fraction of sp³-hybridized carbons (Fsp3) is 0.727. The Morgan fingerprint density at radius 1 is 1.04 bits per heavy atom. The summed E-state index contributed by atoms with van der Waals surface area (Å²) in [6.45, 7) is 9.18. The molecule has 45 heavy (non-hydrogen) atoms. The predicted molar refractivity (Wildman–Crippen MR) is 168 cm³/mol. The average molecular weight is 625 g/mol. The lowest BCUT2D eigenvalue weighted by Gasteiger charge is -2.64. The van der Waals surface area contributed by atoms with Gasteiger partial charge in [0.05, 0.1) is 43.4 Å². The Morgan fingerprint density at radius 3 is 2.49 bits per heavy atom. The summed E-state index contributed by atoms with van der Waals surface area (Å²) < 4.78 is 18.8. The lowest BCUT2D eigenvalue weighted by atomic mass is 9.43. The number of carbonyl (C=O) groups is 3. The van der Waals surface area contributed by atoms with Crippen LogP contribution in [0.15, 0.2) is 30.3 Å². The topological polar surface area (TPSA) is 130 Å². The number of rotatable bonds is 10. The van der Waals surface area contributed by atoms with Crippen molar-refractivity contribution >= 4 is 25.0 Å². The Balaban J connectivity index is 1.18. The number of β-amino-alcohol motifs (C(OH)–C–C–N with tert-alkyl or cyclic N) is 1. The van der Waals surface area contributed by atoms with Crippen molar-refractivity contribution in [3.05, 3.63) is 35.9 Å². The Labute approximate surface area is 266 Å². The summed E-state index contributed by atoms with van der Waals surface area (Å²) >= 11 is 0. The number of amides is 4. The molecule has 12 heteroatoms. The highest BCUT2D eigenvalue weighted by Crippen LogP contribution is 2.65. The van der Waals surface area contributed by atoms with E-state index in [0.29, 0.717) is 57.5 Å². The zero-order valence-corrected chi connectivity index (χ0v) is 26.9. The van der Waals surface area contributed by atoms with Gasteiger partial charge >= 0.3 is 13.1 Å². The molecule has 0 spiro atoms. The van der Waals surface area contributed by atoms with Crippen LogP contribution in [-0.4, -0.2) is 109 Å². The van der Waals surface area contributed by atoms with Crippen molar-refractivity contribution in [1.29, 1.82) is 0 Å². The number of hydrogen-bond donors (Lipinski definition) is 3. The van der Waals surface area contributed by atoms with Crippen molar-refractivity contribution in [2.45, 2.75) is 95.5 Å². The van der Waals surface area contributed by atoms with E-state index in [0.717, 1.165) is 25.7 Å². The first kappa shape index (κ1) is 32.3. The van der Waals surface area contributed by atoms with Gasteiger partial charge in [0.15, 0.2) is 0 Å². The normalized spacial score (nSPS) is 31.5. The smallest absolute Gasteiger partial charge is 0.404 e. The van der Waals surface area contributed by atoms with Crippen molar-refractivity contribution in [3.63, 3.8) is 0 Å². The van der Waals surface area contributed by atoms with Crippen LogP contribution < -0.4 is 10.6 Å². The van der Waals surface area contributed by atoms with E-state index in [1.165, 1.54) is 10.5 Å². The van der Waals surface area contributed by atoms with Gasteiger partial charge in [-0.05, 0) is 68.3 Å². The van der Waals surface area contributed by atoms with Crippen LogP contribution in [0.25, 0.3) is 0 Å². The fourth-order valence-electron chi connectivity index (χ4n) is 8.29. The molecule has 6 fully saturated rings. The maximum absolute atomic E-state index is 14.0. The summed E-state index contributed by atoms with van der Waals surface area (Å²) in [5.74, 6) is -0.131. The zero-order chi connectivity index (χ0) is 31.8. The molecule has 2 bridgehead atoms. The number of nitrogens with zero attached hydrogens (tertiary/aromatic N) is 2. The summed E-state index contributed by atoms with van der Waals surface area (Å²) in [7, 11) is -0.630. The Kier molecular flexibility index (Phi) is 9.48. The second-order valence-corrected chi connectivity index (χ2v) is 14.4. The molecule has 3 aliphatic heterocycles. The minimum atomic E-state index is -1.09. The molecule has 3 saturated heterocycles. The standard InChI is InChI=1S/C33H49BN4O7/c1-32(2)23-18-26(32)33(3)27(19-23)44-34(45-33)28(11-7-10-22-8-5-4-6-9-22)36-30(41)25(20-29(40)37-14-16-43-17-15-37)35-31(42)38-13-12-24(39)21-38/h4-6,8-9,23-28,39H,7,10-21H2,1-3H3,(H,35,42)(H,36,41)/t23-,24?,25?,26-,27+,28-,33-/m0/s1. The van der Waals surface area contributed by atoms with E-state index in [2.05, 4.69) is 43.5 Å². The molecule has 6 aliphatic rings. The molecule has 7 rings (SSSR count). The van der Waals surface area contributed by atoms with Crippen LogP contribution in [0, 0.1) is 17.3 Å². The van der Waals surface area contributed by atoms with Crippen molar-refractivity contribution in [2.75, 3.05) is 39.4 Å². The first-order chi connectivity index (χ1) is 21.5. The molecule has 2 unspecified atom stereocenters. The van der Waals surface area contributed by atoms with E-state index < -0.39 is 42.7 Å². The fourth-order valence-corrected chi connectivity index (χ4v) is 8.29. The molecule has 0 radical (unpaired) electrons. The van der Waals surface area contributed by atoms with E-state index in [-0.39, 0.29) is 30.4 Å². The van der Waals surface area contributed by atoms with Crippen molar-refractivity contribution in [2.24, 2.45) is 17.3 Å². The van der Waals surface area contributed by atoms with Gasteiger partial charge in [-0.2, -0.15) is 0 Å². The van der Waals surface area contributed by atoms with Crippen LogP contribution in [0.2, 0.25) is 0 Å². The first-order valence-electron chi connectivity index (χ1n) is 16.8. The highest BCUT2D eigenvalue weighted by molar-refractivity contribution is 6.48. The number of urea groups is 1. The number of benzene rings is 1. The minimum Gasteiger partial charge on any atom is -0.404 e. The Bertz CT molecular complexity index is 1210. The van der Waals surface area contributed by atoms with Crippen LogP contribution in [-0.2, 0) is 30.1 Å². The minimum absolute atomic E-state index is 0.0345. The van der Waals surface area contributed by atoms with E-state index >= 15 is 0 Å². The van der Waals surface area contributed by atoms with Crippen molar-refractivity contribution in [1.82, 2.24) is 20.4 Å². The van der Waals surface area contributed by atoms with Crippen molar-refractivity contribution in [3.8, 4) is 0 Å². The first-order valence-corrected chi connectivity index (χ1v) is 16.8. The third kappa shape index (κ3) is 6.75. The van der Waals surface area contributed by atoms with Crippen LogP contribution in [0.3, 0.4) is 0 Å². The van der Waals surface area contributed by atoms with E-state index in [9.17, 15) is 19.5 Å². The summed E-state index contributed by atoms with van der Waals surface area (Å²) in [6, 6.07) is 8.68. The van der Waals surface area contributed by atoms with E-state index in [1.54, 1.807) is 4.90 Å². The highest BCUT2D eigenvalue weighted by Gasteiger charge is 2.68. The lowest BCUT2D eigenvalue weighted by Crippen LogP contribution is -2.65. The number of likely N-dealkylation sites (tertiary alicyclic amines) is 1. The van der Waals surface area contributed by atoms with Crippen LogP contribution >= 0.6 is 0 Å². The molecule has 3 saturated carbocycles. The Morgan fingerprint density at radius 2 is 1.80 bits per heavy atom. The van der Waals surface area contributed by atoms with Gasteiger partial charge < -0.3 is 39.6 Å². The largest absolute Gasteiger partial charge is 0.481 e. The molecule has 3 aliphatic carbocycles. The number of nitrogens with one attached hydrogen (secondary N) is 2. The van der Waals surface area contributed by atoms with E-state index in [1.807, 2.05) is 18.2 Å². The molecular weight excluding hydrogens is 575 g/mol. The highest BCUT2D eigenvalue weighted by atomic mass is 16.7. The zero-order valence-electron chi connectivity index (χ0n) is 26.9. The monoisotopic (exact) mass is 624 g/mol. The van der Waals surface area contributed by atoms with Crippen LogP contribution in [0.1, 0.15) is 64.9 Å². The van der Waals surface area contributed by atoms with Crippen LogP contribution in [0.5, 0.6) is 0 Å². The van der Waals surface area contributed by atoms with Gasteiger partial charge in [0, 0.05) is 26.2 Å². The number of ether oxygens (including phenoxy) is 1. The average Bonchev–Trinajstić information content (AvgIpc) is 3.63. The molecule has 7 atom stereocenters. The predicted octanol–water partition coefficient (Wildman–Crippen LogP) is 2.16. The maximum atomic E-state index is 14.0. The molecular formula is C33H49BN4O7. The molecule has 11 nitrogen and oxygen atoms in total. The number of aryl methyl sites for hydroxylation is 1. The number of hydrogen-bond acceptors (Lipinski definition) is 7. The summed E-state index contributed by atoms with van der Waals surface area (Å²) in [5.41, 5.74) is 0.976. The summed E-state index contributed by atoms with van der Waals surface area (Å²) in [6.07, 6.45) is 4.00. The quantitative estimate of drug-likeness (QED) is 0.341. The Hall–Kier alpha value is -2.67. The third-order valence-electron chi connectivity index (χ3n) is 11.3. The SMILES string of the molecule is CC1(C)[C@@H]2C[C@H]3OB([C@H](CCCc4ccccc4)NC(=O)C(CC(=O)N4CCOCC4)NC(=O)N4CCC(O)C4)O[C@@]3(C)[C@H]1C2. The lowest BCUT2D eigenvalue weighted by molar-refractivity contribution is -0.199. The number of morpholine rings is 1. The van der Waals surface area contributed by atoms with E-state index in [4.69, 9.17) is 14.0 Å². The van der Waals surface area contributed by atoms with Crippen LogP contribution in [0.4, 0.5) is 4.79 Å². The van der Waals surface area contributed by atoms with Gasteiger partial charge in [0.25, 0.3) is 0 Å². The maximum Gasteiger partial charge on any atom is 0.481 e.